The number of nitrogens with one attached hydrogen (secondary N) is 1. The summed E-state index contributed by atoms with van der Waals surface area (Å²) in [6.45, 7) is 0.840. The minimum atomic E-state index is -0.959. The molecule has 0 aliphatic rings. The van der Waals surface area contributed by atoms with Gasteiger partial charge in [0.15, 0.2) is 0 Å². The number of carbonyl (C=O) groups is 1. The Morgan fingerprint density at radius 1 is 1.19 bits per heavy atom. The fourth-order valence-electron chi connectivity index (χ4n) is 3.07. The van der Waals surface area contributed by atoms with Gasteiger partial charge in [0.05, 0.1) is 28.2 Å². The van der Waals surface area contributed by atoms with Gasteiger partial charge in [0.1, 0.15) is 18.2 Å². The van der Waals surface area contributed by atoms with Crippen molar-refractivity contribution in [1.82, 2.24) is 24.9 Å². The highest BCUT2D eigenvalue weighted by atomic mass is 35.5. The predicted molar refractivity (Wildman–Crippen MR) is 111 cm³/mol. The number of benzene rings is 2. The van der Waals surface area contributed by atoms with Crippen molar-refractivity contribution in [1.29, 1.82) is 0 Å². The third-order valence-electron chi connectivity index (χ3n) is 4.74. The largest absolute Gasteiger partial charge is 0.437 e. The zero-order valence-corrected chi connectivity index (χ0v) is 17.4. The van der Waals surface area contributed by atoms with Crippen LogP contribution in [0.1, 0.15) is 11.3 Å². The number of rotatable bonds is 6. The first-order chi connectivity index (χ1) is 15.3. The van der Waals surface area contributed by atoms with E-state index in [4.69, 9.17) is 16.0 Å². The van der Waals surface area contributed by atoms with Crippen molar-refractivity contribution in [3.8, 4) is 17.1 Å². The summed E-state index contributed by atoms with van der Waals surface area (Å²) in [5.41, 5.74) is 1.59. The highest BCUT2D eigenvalue weighted by Crippen LogP contribution is 2.23. The second-order valence-corrected chi connectivity index (χ2v) is 7.23. The first-order valence-corrected chi connectivity index (χ1v) is 9.80. The predicted octanol–water partition coefficient (Wildman–Crippen LogP) is 3.25. The van der Waals surface area contributed by atoms with Crippen LogP contribution in [-0.2, 0) is 17.9 Å². The number of para-hydroxylation sites is 1. The van der Waals surface area contributed by atoms with Crippen molar-refractivity contribution in [2.75, 3.05) is 0 Å². The van der Waals surface area contributed by atoms with Crippen LogP contribution >= 0.6 is 11.6 Å². The fourth-order valence-corrected chi connectivity index (χ4v) is 3.25. The monoisotopic (exact) mass is 459 g/mol. The lowest BCUT2D eigenvalue weighted by Crippen LogP contribution is -2.31. The van der Waals surface area contributed by atoms with Crippen LogP contribution in [0.25, 0.3) is 17.1 Å². The Hall–Kier alpha value is -3.79. The van der Waals surface area contributed by atoms with Gasteiger partial charge in [-0.15, -0.1) is 5.10 Å². The normalized spacial score (nSPS) is 11.0. The lowest BCUT2D eigenvalue weighted by atomic mass is 10.2. The van der Waals surface area contributed by atoms with Crippen molar-refractivity contribution in [2.24, 2.45) is 0 Å². The van der Waals surface area contributed by atoms with Crippen molar-refractivity contribution < 1.29 is 18.0 Å². The number of halogens is 3. The van der Waals surface area contributed by atoms with Gasteiger partial charge in [0, 0.05) is 12.1 Å². The lowest BCUT2D eigenvalue weighted by molar-refractivity contribution is -0.122. The molecule has 0 fully saturated rings. The Morgan fingerprint density at radius 3 is 2.69 bits per heavy atom. The van der Waals surface area contributed by atoms with Crippen LogP contribution in [0.4, 0.5) is 8.78 Å². The highest BCUT2D eigenvalue weighted by molar-refractivity contribution is 6.30. The van der Waals surface area contributed by atoms with Crippen LogP contribution in [0.15, 0.2) is 57.9 Å². The number of carbonyl (C=O) groups excluding carboxylic acids is 1. The molecule has 0 bridgehead atoms. The topological polar surface area (TPSA) is 94.9 Å². The van der Waals surface area contributed by atoms with Crippen LogP contribution in [-0.4, -0.2) is 25.5 Å². The van der Waals surface area contributed by atoms with E-state index in [2.05, 4.69) is 15.5 Å². The standard InChI is InChI=1S/C21H16ClF2N5O3/c1-12-14(10-26-29(12)13-5-3-2-4-6-13)20-27-28(21(31)32-20)11-18(30)25-9-15-17(23)8-7-16(22)19(15)24/h2-8,10H,9,11H2,1H3,(H,25,30). The first kappa shape index (κ1) is 21.4. The van der Waals surface area contributed by atoms with Crippen LogP contribution in [0, 0.1) is 18.6 Å². The SMILES string of the molecule is Cc1c(-c2nn(CC(=O)NCc3c(F)ccc(Cl)c3F)c(=O)o2)cnn1-c1ccccc1. The molecule has 1 amide bonds. The molecule has 1 N–H and O–H groups in total. The summed E-state index contributed by atoms with van der Waals surface area (Å²) in [7, 11) is 0. The van der Waals surface area contributed by atoms with Crippen LogP contribution in [0.5, 0.6) is 0 Å². The van der Waals surface area contributed by atoms with Crippen molar-refractivity contribution in [3.05, 3.63) is 87.1 Å². The van der Waals surface area contributed by atoms with Crippen molar-refractivity contribution in [2.45, 2.75) is 20.0 Å². The highest BCUT2D eigenvalue weighted by Gasteiger charge is 2.19. The molecule has 0 unspecified atom stereocenters. The molecule has 32 heavy (non-hydrogen) atoms. The van der Waals surface area contributed by atoms with Crippen molar-refractivity contribution in [3.63, 3.8) is 0 Å². The van der Waals surface area contributed by atoms with E-state index < -0.39 is 36.4 Å². The second kappa shape index (κ2) is 8.75. The van der Waals surface area contributed by atoms with Crippen LogP contribution in [0.3, 0.4) is 0 Å². The summed E-state index contributed by atoms with van der Waals surface area (Å²) in [5.74, 6) is -3.36. The molecule has 0 saturated carbocycles. The molecule has 11 heteroatoms. The van der Waals surface area contributed by atoms with E-state index in [0.717, 1.165) is 22.5 Å². The summed E-state index contributed by atoms with van der Waals surface area (Å²) < 4.78 is 35.4. The van der Waals surface area contributed by atoms with Gasteiger partial charge in [-0.1, -0.05) is 29.8 Å². The Kier molecular flexibility index (Phi) is 5.87. The molecule has 0 aliphatic carbocycles. The molecule has 4 aromatic rings. The zero-order chi connectivity index (χ0) is 22.8. The fraction of sp³-hybridized carbons (Fsp3) is 0.143. The summed E-state index contributed by atoms with van der Waals surface area (Å²) in [5, 5.41) is 10.4. The van der Waals surface area contributed by atoms with Gasteiger partial charge in [-0.3, -0.25) is 4.79 Å². The molecule has 2 aromatic carbocycles. The number of aromatic nitrogens is 4. The zero-order valence-electron chi connectivity index (χ0n) is 16.7. The van der Waals surface area contributed by atoms with Crippen LogP contribution in [0.2, 0.25) is 5.02 Å². The second-order valence-electron chi connectivity index (χ2n) is 6.82. The van der Waals surface area contributed by atoms with E-state index in [-0.39, 0.29) is 16.5 Å². The van der Waals surface area contributed by atoms with Gasteiger partial charge in [-0.2, -0.15) is 9.78 Å². The van der Waals surface area contributed by atoms with Gasteiger partial charge in [-0.05, 0) is 31.2 Å². The van der Waals surface area contributed by atoms with Gasteiger partial charge in [0.25, 0.3) is 5.89 Å². The van der Waals surface area contributed by atoms with Gasteiger partial charge < -0.3 is 9.73 Å². The summed E-state index contributed by atoms with van der Waals surface area (Å²) in [4.78, 5) is 24.4. The molecule has 0 radical (unpaired) electrons. The minimum absolute atomic E-state index is 0.00517. The molecule has 0 spiro atoms. The van der Waals surface area contributed by atoms with E-state index in [1.54, 1.807) is 11.6 Å². The molecule has 8 nitrogen and oxygen atoms in total. The van der Waals surface area contributed by atoms with E-state index in [0.29, 0.717) is 11.3 Å². The minimum Gasteiger partial charge on any atom is -0.387 e. The van der Waals surface area contributed by atoms with Crippen LogP contribution < -0.4 is 11.1 Å². The third kappa shape index (κ3) is 4.17. The Morgan fingerprint density at radius 2 is 1.94 bits per heavy atom. The average molecular weight is 460 g/mol. The van der Waals surface area contributed by atoms with E-state index in [1.165, 1.54) is 6.20 Å². The smallest absolute Gasteiger partial charge is 0.387 e. The number of nitrogens with zero attached hydrogens (tertiary/aromatic N) is 4. The van der Waals surface area contributed by atoms with Crippen molar-refractivity contribution >= 4 is 17.5 Å². The number of amides is 1. The Balaban J connectivity index is 1.49. The molecule has 2 heterocycles. The molecule has 4 rings (SSSR count). The maximum absolute atomic E-state index is 13.9. The Labute approximate surface area is 185 Å². The third-order valence-corrected chi connectivity index (χ3v) is 5.03. The molecular weight excluding hydrogens is 444 g/mol. The molecule has 0 aliphatic heterocycles. The van der Waals surface area contributed by atoms with E-state index in [9.17, 15) is 18.4 Å². The van der Waals surface area contributed by atoms with Gasteiger partial charge >= 0.3 is 5.76 Å². The van der Waals surface area contributed by atoms with E-state index in [1.807, 2.05) is 30.3 Å². The maximum Gasteiger partial charge on any atom is 0.437 e. The molecule has 2 aromatic heterocycles. The first-order valence-electron chi connectivity index (χ1n) is 9.42. The lowest BCUT2D eigenvalue weighted by Gasteiger charge is -2.08. The molecule has 164 valence electrons. The summed E-state index contributed by atoms with van der Waals surface area (Å²) >= 11 is 5.64. The molecule has 0 saturated heterocycles. The maximum atomic E-state index is 13.9. The molecule has 0 atom stereocenters. The quantitative estimate of drug-likeness (QED) is 0.447. The molecular formula is C21H16ClF2N5O3. The Bertz CT molecular complexity index is 1350. The van der Waals surface area contributed by atoms with Gasteiger partial charge in [-0.25, -0.2) is 18.3 Å². The number of hydrogen-bond acceptors (Lipinski definition) is 5. The summed E-state index contributed by atoms with van der Waals surface area (Å²) in [6.07, 6.45) is 1.50. The summed E-state index contributed by atoms with van der Waals surface area (Å²) in [6, 6.07) is 11.4. The number of hydrogen-bond donors (Lipinski definition) is 1. The van der Waals surface area contributed by atoms with Gasteiger partial charge in [0.2, 0.25) is 5.91 Å². The van der Waals surface area contributed by atoms with E-state index >= 15 is 0 Å². The average Bonchev–Trinajstić information content (AvgIpc) is 3.33.